The highest BCUT2D eigenvalue weighted by molar-refractivity contribution is 6.71. The summed E-state index contributed by atoms with van der Waals surface area (Å²) in [5, 5.41) is 0. The lowest BCUT2D eigenvalue weighted by molar-refractivity contribution is 0.0986. The van der Waals surface area contributed by atoms with Gasteiger partial charge in [-0.05, 0) is 51.4 Å². The summed E-state index contributed by atoms with van der Waals surface area (Å²) in [6, 6.07) is 5.58. The van der Waals surface area contributed by atoms with Gasteiger partial charge in [0.05, 0.1) is 5.56 Å². The molecule has 112 valence electrons. The third-order valence-electron chi connectivity index (χ3n) is 2.41. The summed E-state index contributed by atoms with van der Waals surface area (Å²) in [5.41, 5.74) is 0.665. The molecular formula is C15H26O3Si2. The third-order valence-corrected chi connectivity index (χ3v) is 4.10. The van der Waals surface area contributed by atoms with Gasteiger partial charge in [0.15, 0.2) is 5.78 Å². The van der Waals surface area contributed by atoms with Gasteiger partial charge in [-0.25, -0.2) is 0 Å². The first kappa shape index (κ1) is 17.0. The quantitative estimate of drug-likeness (QED) is 0.564. The van der Waals surface area contributed by atoms with Gasteiger partial charge >= 0.3 is 0 Å². The van der Waals surface area contributed by atoms with E-state index in [2.05, 4.69) is 39.3 Å². The number of rotatable bonds is 6. The number of hydrogen-bond acceptors (Lipinski definition) is 3. The standard InChI is InChI=1S/C15H26O3Si2/c1-8-14(16)13-10-9-12(17-19(2,3)4)11-15(13)18-20(5,6)7/h9-11H,8H2,1-7H3. The summed E-state index contributed by atoms with van der Waals surface area (Å²) >= 11 is 0. The maximum atomic E-state index is 12.0. The lowest BCUT2D eigenvalue weighted by atomic mass is 10.1. The van der Waals surface area contributed by atoms with Crippen molar-refractivity contribution in [2.45, 2.75) is 52.6 Å². The lowest BCUT2D eigenvalue weighted by Gasteiger charge is -2.24. The summed E-state index contributed by atoms with van der Waals surface area (Å²) in [5.74, 6) is 1.58. The number of Topliss-reactive ketones (excluding diaryl/α,β-unsaturated/α-hetero) is 1. The maximum Gasteiger partial charge on any atom is 0.242 e. The van der Waals surface area contributed by atoms with Crippen LogP contribution in [-0.4, -0.2) is 22.4 Å². The van der Waals surface area contributed by atoms with Crippen LogP contribution in [0.15, 0.2) is 18.2 Å². The van der Waals surface area contributed by atoms with E-state index in [-0.39, 0.29) is 5.78 Å². The predicted octanol–water partition coefficient (Wildman–Crippen LogP) is 4.71. The molecule has 0 radical (unpaired) electrons. The normalized spacial score (nSPS) is 12.2. The van der Waals surface area contributed by atoms with E-state index in [1.54, 1.807) is 0 Å². The Kier molecular flexibility index (Phi) is 5.21. The van der Waals surface area contributed by atoms with Crippen molar-refractivity contribution in [2.24, 2.45) is 0 Å². The van der Waals surface area contributed by atoms with E-state index in [1.807, 2.05) is 25.1 Å². The van der Waals surface area contributed by atoms with Gasteiger partial charge in [0, 0.05) is 12.5 Å². The minimum absolute atomic E-state index is 0.109. The molecule has 0 saturated carbocycles. The van der Waals surface area contributed by atoms with E-state index >= 15 is 0 Å². The van der Waals surface area contributed by atoms with Gasteiger partial charge in [-0.2, -0.15) is 0 Å². The second kappa shape index (κ2) is 6.14. The molecule has 0 spiro atoms. The summed E-state index contributed by atoms with van der Waals surface area (Å²) in [4.78, 5) is 12.0. The first-order chi connectivity index (χ1) is 9.02. The van der Waals surface area contributed by atoms with Gasteiger partial charge < -0.3 is 8.85 Å². The highest BCUT2D eigenvalue weighted by Gasteiger charge is 2.22. The number of carbonyl (C=O) groups is 1. The van der Waals surface area contributed by atoms with Crippen LogP contribution < -0.4 is 8.85 Å². The van der Waals surface area contributed by atoms with E-state index in [0.717, 1.165) is 5.75 Å². The van der Waals surface area contributed by atoms with Crippen LogP contribution >= 0.6 is 0 Å². The second-order valence-corrected chi connectivity index (χ2v) is 15.7. The Hall–Kier alpha value is -1.08. The van der Waals surface area contributed by atoms with Crippen LogP contribution in [0.1, 0.15) is 23.7 Å². The molecule has 0 aliphatic heterocycles. The maximum absolute atomic E-state index is 12.0. The van der Waals surface area contributed by atoms with Gasteiger partial charge in [0.2, 0.25) is 16.6 Å². The lowest BCUT2D eigenvalue weighted by Crippen LogP contribution is -2.31. The molecule has 20 heavy (non-hydrogen) atoms. The first-order valence-corrected chi connectivity index (χ1v) is 13.9. The van der Waals surface area contributed by atoms with Gasteiger partial charge in [-0.15, -0.1) is 0 Å². The molecule has 5 heteroatoms. The van der Waals surface area contributed by atoms with Gasteiger partial charge in [0.25, 0.3) is 0 Å². The summed E-state index contributed by atoms with van der Waals surface area (Å²) in [6.45, 7) is 14.6. The molecule has 0 aromatic heterocycles. The topological polar surface area (TPSA) is 35.5 Å². The van der Waals surface area contributed by atoms with Crippen LogP contribution in [-0.2, 0) is 0 Å². The van der Waals surface area contributed by atoms with Gasteiger partial charge in [0.1, 0.15) is 11.5 Å². The van der Waals surface area contributed by atoms with Crippen LogP contribution in [0, 0.1) is 0 Å². The van der Waals surface area contributed by atoms with E-state index in [0.29, 0.717) is 17.7 Å². The van der Waals surface area contributed by atoms with Crippen LogP contribution in [0.3, 0.4) is 0 Å². The number of benzene rings is 1. The molecule has 0 aliphatic rings. The van der Waals surface area contributed by atoms with E-state index < -0.39 is 16.6 Å². The van der Waals surface area contributed by atoms with E-state index in [9.17, 15) is 4.79 Å². The van der Waals surface area contributed by atoms with Crippen molar-refractivity contribution in [3.63, 3.8) is 0 Å². The molecule has 0 heterocycles. The Bertz CT molecular complexity index is 485. The Labute approximate surface area is 124 Å². The molecule has 0 saturated heterocycles. The van der Waals surface area contributed by atoms with Crippen molar-refractivity contribution in [1.82, 2.24) is 0 Å². The molecular weight excluding hydrogens is 284 g/mol. The van der Waals surface area contributed by atoms with Crippen molar-refractivity contribution < 1.29 is 13.6 Å². The number of carbonyl (C=O) groups excluding carboxylic acids is 1. The summed E-state index contributed by atoms with van der Waals surface area (Å²) in [7, 11) is -3.43. The summed E-state index contributed by atoms with van der Waals surface area (Å²) < 4.78 is 12.1. The smallest absolute Gasteiger partial charge is 0.242 e. The molecule has 1 rings (SSSR count). The number of ketones is 1. The fourth-order valence-corrected chi connectivity index (χ4v) is 3.42. The van der Waals surface area contributed by atoms with Crippen molar-refractivity contribution in [3.8, 4) is 11.5 Å². The zero-order valence-electron chi connectivity index (χ0n) is 13.7. The Balaban J connectivity index is 3.18. The van der Waals surface area contributed by atoms with Crippen molar-refractivity contribution in [3.05, 3.63) is 23.8 Å². The molecule has 0 aliphatic carbocycles. The van der Waals surface area contributed by atoms with Crippen molar-refractivity contribution in [1.29, 1.82) is 0 Å². The van der Waals surface area contributed by atoms with Gasteiger partial charge in [-0.3, -0.25) is 4.79 Å². The molecule has 3 nitrogen and oxygen atoms in total. The third kappa shape index (κ3) is 5.50. The highest BCUT2D eigenvalue weighted by Crippen LogP contribution is 2.29. The van der Waals surface area contributed by atoms with E-state index in [4.69, 9.17) is 8.85 Å². The SMILES string of the molecule is CCC(=O)c1ccc(O[Si](C)(C)C)cc1O[Si](C)(C)C. The average Bonchev–Trinajstić information content (AvgIpc) is 2.24. The second-order valence-electron chi connectivity index (χ2n) is 6.86. The first-order valence-electron chi connectivity index (χ1n) is 7.07. The fourth-order valence-electron chi connectivity index (χ4n) is 1.75. The van der Waals surface area contributed by atoms with Gasteiger partial charge in [-0.1, -0.05) is 6.92 Å². The zero-order chi connectivity index (χ0) is 15.6. The largest absolute Gasteiger partial charge is 0.544 e. The fraction of sp³-hybridized carbons (Fsp3) is 0.533. The molecule has 0 fully saturated rings. The highest BCUT2D eigenvalue weighted by atomic mass is 28.4. The minimum Gasteiger partial charge on any atom is -0.544 e. The van der Waals surface area contributed by atoms with Crippen LogP contribution in [0.25, 0.3) is 0 Å². The van der Waals surface area contributed by atoms with Crippen molar-refractivity contribution >= 4 is 22.4 Å². The molecule has 1 aromatic rings. The Morgan fingerprint density at radius 2 is 1.55 bits per heavy atom. The number of hydrogen-bond donors (Lipinski definition) is 0. The molecule has 0 N–H and O–H groups in total. The summed E-state index contributed by atoms with van der Waals surface area (Å²) in [6.07, 6.45) is 0.482. The Morgan fingerprint density at radius 1 is 1.00 bits per heavy atom. The minimum atomic E-state index is -1.77. The predicted molar refractivity (Wildman–Crippen MR) is 89.0 cm³/mol. The molecule has 0 atom stereocenters. The monoisotopic (exact) mass is 310 g/mol. The molecule has 0 unspecified atom stereocenters. The van der Waals surface area contributed by atoms with Crippen LogP contribution in [0.4, 0.5) is 0 Å². The van der Waals surface area contributed by atoms with Crippen LogP contribution in [0.2, 0.25) is 39.3 Å². The molecule has 1 aromatic carbocycles. The Morgan fingerprint density at radius 3 is 2.00 bits per heavy atom. The molecule has 0 amide bonds. The van der Waals surface area contributed by atoms with E-state index in [1.165, 1.54) is 0 Å². The molecule has 0 bridgehead atoms. The zero-order valence-corrected chi connectivity index (χ0v) is 15.7. The average molecular weight is 311 g/mol. The van der Waals surface area contributed by atoms with Crippen molar-refractivity contribution in [2.75, 3.05) is 0 Å². The van der Waals surface area contributed by atoms with Crippen LogP contribution in [0.5, 0.6) is 11.5 Å².